The van der Waals surface area contributed by atoms with E-state index in [9.17, 15) is 0 Å². The molecule has 0 amide bonds. The molecule has 1 aromatic heterocycles. The van der Waals surface area contributed by atoms with Crippen molar-refractivity contribution < 1.29 is 10.2 Å². The number of aromatic nitrogens is 2. The first kappa shape index (κ1) is 9.88. The Morgan fingerprint density at radius 1 is 1.46 bits per heavy atom. The summed E-state index contributed by atoms with van der Waals surface area (Å²) in [6.07, 6.45) is 1.64. The number of nitrogens with zero attached hydrogens (tertiary/aromatic N) is 2. The van der Waals surface area contributed by atoms with E-state index in [0.717, 1.165) is 5.56 Å². The molecular weight excluding hydrogens is 170 g/mol. The Labute approximate surface area is 76.4 Å². The van der Waals surface area contributed by atoms with Crippen molar-refractivity contribution in [3.05, 3.63) is 17.8 Å². The topological polar surface area (TPSA) is 78.3 Å². The second-order valence-electron chi connectivity index (χ2n) is 2.82. The van der Waals surface area contributed by atoms with Crippen molar-refractivity contribution in [1.82, 2.24) is 10.2 Å². The first-order chi connectivity index (χ1) is 6.26. The van der Waals surface area contributed by atoms with Gasteiger partial charge in [0.25, 0.3) is 0 Å². The van der Waals surface area contributed by atoms with Crippen LogP contribution in [0.25, 0.3) is 0 Å². The first-order valence-electron chi connectivity index (χ1n) is 4.04. The molecule has 0 unspecified atom stereocenters. The number of aryl methyl sites for hydroxylation is 1. The lowest BCUT2D eigenvalue weighted by Crippen LogP contribution is -2.28. The fourth-order valence-electron chi connectivity index (χ4n) is 0.893. The molecule has 0 radical (unpaired) electrons. The molecular formula is C8H13N3O2. The molecule has 0 aromatic carbocycles. The van der Waals surface area contributed by atoms with Crippen LogP contribution in [-0.4, -0.2) is 39.7 Å². The van der Waals surface area contributed by atoms with Crippen molar-refractivity contribution in [2.45, 2.75) is 13.0 Å². The smallest absolute Gasteiger partial charge is 0.149 e. The lowest BCUT2D eigenvalue weighted by atomic mass is 10.3. The van der Waals surface area contributed by atoms with Gasteiger partial charge >= 0.3 is 0 Å². The van der Waals surface area contributed by atoms with Gasteiger partial charge in [0, 0.05) is 0 Å². The maximum atomic E-state index is 8.79. The Morgan fingerprint density at radius 2 is 2.15 bits per heavy atom. The highest BCUT2D eigenvalue weighted by Crippen LogP contribution is 2.04. The number of anilines is 1. The van der Waals surface area contributed by atoms with E-state index in [4.69, 9.17) is 10.2 Å². The Balaban J connectivity index is 2.62. The second-order valence-corrected chi connectivity index (χ2v) is 2.82. The maximum absolute atomic E-state index is 8.79. The monoisotopic (exact) mass is 183 g/mol. The number of aliphatic hydroxyl groups excluding tert-OH is 2. The summed E-state index contributed by atoms with van der Waals surface area (Å²) in [6.45, 7) is 1.63. The van der Waals surface area contributed by atoms with Gasteiger partial charge in [-0.2, -0.15) is 5.10 Å². The molecule has 72 valence electrons. The average molecular weight is 183 g/mol. The second kappa shape index (κ2) is 4.74. The Kier molecular flexibility index (Phi) is 3.60. The number of nitrogens with one attached hydrogen (secondary N) is 1. The Morgan fingerprint density at radius 3 is 2.69 bits per heavy atom. The molecule has 0 atom stereocenters. The lowest BCUT2D eigenvalue weighted by Gasteiger charge is -2.13. The molecule has 0 saturated carbocycles. The van der Waals surface area contributed by atoms with Gasteiger partial charge in [-0.05, 0) is 18.6 Å². The molecule has 5 nitrogen and oxygen atoms in total. The van der Waals surface area contributed by atoms with E-state index in [0.29, 0.717) is 5.82 Å². The quantitative estimate of drug-likeness (QED) is 0.589. The Bertz CT molecular complexity index is 263. The number of hydrogen-bond donors (Lipinski definition) is 3. The van der Waals surface area contributed by atoms with Gasteiger partial charge in [0.2, 0.25) is 0 Å². The van der Waals surface area contributed by atoms with Crippen LogP contribution < -0.4 is 5.32 Å². The van der Waals surface area contributed by atoms with Crippen molar-refractivity contribution in [3.8, 4) is 0 Å². The van der Waals surface area contributed by atoms with Crippen LogP contribution in [0.2, 0.25) is 0 Å². The Hall–Kier alpha value is -1.20. The predicted octanol–water partition coefficient (Wildman–Crippen LogP) is -0.450. The third-order valence-corrected chi connectivity index (χ3v) is 1.58. The molecule has 0 aliphatic rings. The van der Waals surface area contributed by atoms with Gasteiger partial charge in [-0.25, -0.2) is 0 Å². The summed E-state index contributed by atoms with van der Waals surface area (Å²) in [6, 6.07) is 1.42. The fourth-order valence-corrected chi connectivity index (χ4v) is 0.893. The minimum atomic E-state index is -0.379. The molecule has 1 heterocycles. The molecule has 0 fully saturated rings. The predicted molar refractivity (Wildman–Crippen MR) is 48.4 cm³/mol. The van der Waals surface area contributed by atoms with Crippen molar-refractivity contribution in [3.63, 3.8) is 0 Å². The van der Waals surface area contributed by atoms with Crippen molar-refractivity contribution in [2.24, 2.45) is 0 Å². The van der Waals surface area contributed by atoms with Crippen LogP contribution >= 0.6 is 0 Å². The van der Waals surface area contributed by atoms with Gasteiger partial charge in [0.1, 0.15) is 5.82 Å². The standard InChI is InChI=1S/C8H13N3O2/c1-6-2-8(11-9-3-6)10-7(4-12)5-13/h2-3,7,12-13H,4-5H2,1H3,(H,10,11). The molecule has 0 aliphatic heterocycles. The minimum absolute atomic E-state index is 0.133. The molecule has 5 heteroatoms. The van der Waals surface area contributed by atoms with E-state index in [1.807, 2.05) is 6.92 Å². The van der Waals surface area contributed by atoms with Crippen LogP contribution in [0.5, 0.6) is 0 Å². The van der Waals surface area contributed by atoms with Gasteiger partial charge in [0.15, 0.2) is 0 Å². The fraction of sp³-hybridized carbons (Fsp3) is 0.500. The van der Waals surface area contributed by atoms with Gasteiger partial charge < -0.3 is 15.5 Å². The highest BCUT2D eigenvalue weighted by atomic mass is 16.3. The number of aliphatic hydroxyl groups is 2. The molecule has 0 spiro atoms. The normalized spacial score (nSPS) is 10.5. The molecule has 13 heavy (non-hydrogen) atoms. The van der Waals surface area contributed by atoms with Crippen LogP contribution in [0.1, 0.15) is 5.56 Å². The summed E-state index contributed by atoms with van der Waals surface area (Å²) < 4.78 is 0. The van der Waals surface area contributed by atoms with Crippen LogP contribution in [0.15, 0.2) is 12.3 Å². The molecule has 0 bridgehead atoms. The third kappa shape index (κ3) is 2.96. The summed E-state index contributed by atoms with van der Waals surface area (Å²) in [7, 11) is 0. The lowest BCUT2D eigenvalue weighted by molar-refractivity contribution is 0.203. The molecule has 0 aliphatic carbocycles. The zero-order chi connectivity index (χ0) is 9.68. The van der Waals surface area contributed by atoms with Crippen LogP contribution in [0.4, 0.5) is 5.82 Å². The average Bonchev–Trinajstić information content (AvgIpc) is 2.14. The van der Waals surface area contributed by atoms with E-state index in [1.54, 1.807) is 12.3 Å². The molecule has 1 rings (SSSR count). The largest absolute Gasteiger partial charge is 0.394 e. The van der Waals surface area contributed by atoms with E-state index in [-0.39, 0.29) is 19.3 Å². The van der Waals surface area contributed by atoms with Crippen LogP contribution in [0, 0.1) is 6.92 Å². The highest BCUT2D eigenvalue weighted by molar-refractivity contribution is 5.36. The van der Waals surface area contributed by atoms with E-state index in [2.05, 4.69) is 15.5 Å². The first-order valence-corrected chi connectivity index (χ1v) is 4.04. The van der Waals surface area contributed by atoms with Crippen molar-refractivity contribution in [2.75, 3.05) is 18.5 Å². The molecule has 0 saturated heterocycles. The minimum Gasteiger partial charge on any atom is -0.394 e. The summed E-state index contributed by atoms with van der Waals surface area (Å²) in [5.41, 5.74) is 0.979. The summed E-state index contributed by atoms with van der Waals surface area (Å²) >= 11 is 0. The number of rotatable bonds is 4. The zero-order valence-electron chi connectivity index (χ0n) is 7.44. The van der Waals surface area contributed by atoms with Gasteiger partial charge in [0.05, 0.1) is 25.5 Å². The summed E-state index contributed by atoms with van der Waals surface area (Å²) in [5, 5.41) is 27.9. The van der Waals surface area contributed by atoms with Gasteiger partial charge in [-0.1, -0.05) is 0 Å². The summed E-state index contributed by atoms with van der Waals surface area (Å²) in [5.74, 6) is 0.563. The third-order valence-electron chi connectivity index (χ3n) is 1.58. The van der Waals surface area contributed by atoms with Crippen molar-refractivity contribution in [1.29, 1.82) is 0 Å². The van der Waals surface area contributed by atoms with E-state index in [1.165, 1.54) is 0 Å². The molecule has 1 aromatic rings. The van der Waals surface area contributed by atoms with E-state index >= 15 is 0 Å². The SMILES string of the molecule is Cc1cnnc(NC(CO)CO)c1. The zero-order valence-corrected chi connectivity index (χ0v) is 7.44. The molecule has 3 N–H and O–H groups in total. The summed E-state index contributed by atoms with van der Waals surface area (Å²) in [4.78, 5) is 0. The van der Waals surface area contributed by atoms with Crippen molar-refractivity contribution >= 4 is 5.82 Å². The van der Waals surface area contributed by atoms with Crippen LogP contribution in [-0.2, 0) is 0 Å². The van der Waals surface area contributed by atoms with Gasteiger partial charge in [-0.3, -0.25) is 0 Å². The van der Waals surface area contributed by atoms with E-state index < -0.39 is 0 Å². The highest BCUT2D eigenvalue weighted by Gasteiger charge is 2.05. The maximum Gasteiger partial charge on any atom is 0.149 e. The van der Waals surface area contributed by atoms with Crippen LogP contribution in [0.3, 0.4) is 0 Å². The number of hydrogen-bond acceptors (Lipinski definition) is 5. The van der Waals surface area contributed by atoms with Gasteiger partial charge in [-0.15, -0.1) is 5.10 Å².